The summed E-state index contributed by atoms with van der Waals surface area (Å²) in [5.41, 5.74) is 0. The van der Waals surface area contributed by atoms with Gasteiger partial charge in [0, 0.05) is 40.4 Å². The summed E-state index contributed by atoms with van der Waals surface area (Å²) in [6, 6.07) is 0. The van der Waals surface area contributed by atoms with Gasteiger partial charge in [-0.25, -0.2) is 0 Å². The van der Waals surface area contributed by atoms with E-state index in [2.05, 4.69) is 59.7 Å². The maximum Gasteiger partial charge on any atom is 0.185 e. The first-order valence-electron chi connectivity index (χ1n) is 5.01. The van der Waals surface area contributed by atoms with Gasteiger partial charge in [0.25, 0.3) is 0 Å². The first kappa shape index (κ1) is 14.2. The first-order valence-corrected chi connectivity index (χ1v) is 10.4. The van der Waals surface area contributed by atoms with Crippen molar-refractivity contribution in [3.63, 3.8) is 0 Å². The molecule has 0 aliphatic carbocycles. The van der Waals surface area contributed by atoms with Crippen LogP contribution in [0, 0.1) is 0 Å². The van der Waals surface area contributed by atoms with Gasteiger partial charge in [0.2, 0.25) is 0 Å². The smallest absolute Gasteiger partial charge is 0.185 e. The first-order chi connectivity index (χ1) is 7.63. The molecule has 0 saturated carbocycles. The van der Waals surface area contributed by atoms with Crippen LogP contribution < -0.4 is 0 Å². The van der Waals surface area contributed by atoms with E-state index < -0.39 is 0 Å². The highest BCUT2D eigenvalue weighted by atomic mass is 32.3. The van der Waals surface area contributed by atoms with Crippen LogP contribution in [-0.2, 0) is 4.79 Å². The molecular weight excluding hydrogens is 316 g/mol. The molecule has 3 atom stereocenters. The lowest BCUT2D eigenvalue weighted by Gasteiger charge is -2.19. The Morgan fingerprint density at radius 2 is 2.00 bits per heavy atom. The van der Waals surface area contributed by atoms with Gasteiger partial charge in [0.1, 0.15) is 0 Å². The van der Waals surface area contributed by atoms with Crippen LogP contribution in [0.3, 0.4) is 0 Å². The lowest BCUT2D eigenvalue weighted by molar-refractivity contribution is -0.109. The van der Waals surface area contributed by atoms with Gasteiger partial charge in [-0.05, 0) is 0 Å². The third-order valence-electron chi connectivity index (χ3n) is 2.19. The van der Waals surface area contributed by atoms with Gasteiger partial charge in [0.05, 0.1) is 0 Å². The highest BCUT2D eigenvalue weighted by Gasteiger charge is 2.47. The van der Waals surface area contributed by atoms with Crippen molar-refractivity contribution >= 4 is 76.6 Å². The Kier molecular flexibility index (Phi) is 5.57. The zero-order valence-corrected chi connectivity index (χ0v) is 13.9. The van der Waals surface area contributed by atoms with E-state index in [1.54, 1.807) is 6.92 Å². The third kappa shape index (κ3) is 3.63. The summed E-state index contributed by atoms with van der Waals surface area (Å²) >= 11 is 14.1. The van der Waals surface area contributed by atoms with Crippen molar-refractivity contribution in [2.45, 2.75) is 20.2 Å². The second kappa shape index (κ2) is 6.28. The van der Waals surface area contributed by atoms with Crippen molar-refractivity contribution in [2.75, 3.05) is 23.0 Å². The molecule has 2 aliphatic heterocycles. The van der Waals surface area contributed by atoms with Crippen LogP contribution in [0.1, 0.15) is 6.92 Å². The van der Waals surface area contributed by atoms with Crippen molar-refractivity contribution in [3.05, 3.63) is 0 Å². The van der Waals surface area contributed by atoms with Gasteiger partial charge in [-0.2, -0.15) is 12.6 Å². The van der Waals surface area contributed by atoms with Crippen LogP contribution >= 0.6 is 71.4 Å². The Balaban J connectivity index is 1.81. The van der Waals surface area contributed by atoms with E-state index in [4.69, 9.17) is 0 Å². The molecule has 2 saturated heterocycles. The minimum atomic E-state index is 0.242. The summed E-state index contributed by atoms with van der Waals surface area (Å²) in [7, 11) is 0. The number of rotatable bonds is 3. The predicted octanol–water partition coefficient (Wildman–Crippen LogP) is 3.50. The summed E-state index contributed by atoms with van der Waals surface area (Å²) in [6.07, 6.45) is 0. The SMILES string of the molecule is CC(=O)SCC1CSC2(SCC(CS)S2)S1. The number of thioether (sulfide) groups is 5. The molecule has 0 bridgehead atoms. The number of hydrogen-bond acceptors (Lipinski definition) is 7. The number of hydrogen-bond donors (Lipinski definition) is 1. The van der Waals surface area contributed by atoms with Crippen LogP contribution in [0.2, 0.25) is 0 Å². The van der Waals surface area contributed by atoms with Gasteiger partial charge in [0.15, 0.2) is 7.86 Å². The predicted molar refractivity (Wildman–Crippen MR) is 87.4 cm³/mol. The second-order valence-electron chi connectivity index (χ2n) is 3.59. The molecule has 2 fully saturated rings. The van der Waals surface area contributed by atoms with Gasteiger partial charge < -0.3 is 0 Å². The Morgan fingerprint density at radius 1 is 1.38 bits per heavy atom. The molecule has 3 unspecified atom stereocenters. The molecule has 16 heavy (non-hydrogen) atoms. The van der Waals surface area contributed by atoms with E-state index in [1.807, 2.05) is 0 Å². The lowest BCUT2D eigenvalue weighted by atomic mass is 10.5. The standard InChI is InChI=1S/C9H14OS6/c1-6(10)12-3-8-5-14-9(16-8)13-4-7(2-11)15-9/h7-8,11H,2-5H2,1H3. The van der Waals surface area contributed by atoms with Gasteiger partial charge >= 0.3 is 0 Å². The number of carbonyl (C=O) groups is 1. The second-order valence-corrected chi connectivity index (χ2v) is 12.2. The van der Waals surface area contributed by atoms with Crippen molar-refractivity contribution in [3.8, 4) is 0 Å². The van der Waals surface area contributed by atoms with Crippen LogP contribution in [-0.4, -0.2) is 41.4 Å². The molecule has 2 aliphatic rings. The average molecular weight is 331 g/mol. The molecule has 0 amide bonds. The van der Waals surface area contributed by atoms with Gasteiger partial charge in [-0.3, -0.25) is 4.79 Å². The van der Waals surface area contributed by atoms with Crippen molar-refractivity contribution in [2.24, 2.45) is 0 Å². The third-order valence-corrected chi connectivity index (χ3v) is 12.1. The van der Waals surface area contributed by atoms with Crippen LogP contribution in [0.4, 0.5) is 0 Å². The fourth-order valence-electron chi connectivity index (χ4n) is 1.45. The fraction of sp³-hybridized carbons (Fsp3) is 0.889. The monoisotopic (exact) mass is 330 g/mol. The Hall–Kier alpha value is 1.77. The summed E-state index contributed by atoms with van der Waals surface area (Å²) < 4.78 is 0.315. The summed E-state index contributed by atoms with van der Waals surface area (Å²) in [5.74, 6) is 4.36. The molecule has 7 heteroatoms. The van der Waals surface area contributed by atoms with E-state index >= 15 is 0 Å². The maximum absolute atomic E-state index is 10.9. The molecule has 0 aromatic carbocycles. The number of carbonyl (C=O) groups excluding carboxylic acids is 1. The molecular formula is C9H14OS6. The lowest BCUT2D eigenvalue weighted by Crippen LogP contribution is -2.08. The van der Waals surface area contributed by atoms with E-state index in [1.165, 1.54) is 23.3 Å². The molecule has 2 heterocycles. The van der Waals surface area contributed by atoms with Crippen molar-refractivity contribution < 1.29 is 4.79 Å². The highest BCUT2D eigenvalue weighted by Crippen LogP contribution is 2.67. The van der Waals surface area contributed by atoms with E-state index in [-0.39, 0.29) is 5.12 Å². The minimum Gasteiger partial charge on any atom is -0.288 e. The topological polar surface area (TPSA) is 17.1 Å². The molecule has 0 aromatic rings. The average Bonchev–Trinajstić information content (AvgIpc) is 2.84. The Morgan fingerprint density at radius 3 is 2.56 bits per heavy atom. The van der Waals surface area contributed by atoms with Crippen molar-refractivity contribution in [1.29, 1.82) is 0 Å². The van der Waals surface area contributed by atoms with Crippen molar-refractivity contribution in [1.82, 2.24) is 0 Å². The summed E-state index contributed by atoms with van der Waals surface area (Å²) in [5, 5.41) is 1.58. The van der Waals surface area contributed by atoms with Crippen LogP contribution in [0.15, 0.2) is 0 Å². The molecule has 1 spiro atoms. The van der Waals surface area contributed by atoms with E-state index in [0.29, 0.717) is 13.2 Å². The van der Waals surface area contributed by atoms with Crippen LogP contribution in [0.25, 0.3) is 0 Å². The zero-order valence-electron chi connectivity index (χ0n) is 8.88. The van der Waals surface area contributed by atoms with E-state index in [9.17, 15) is 4.79 Å². The molecule has 0 aromatic heterocycles. The Bertz CT molecular complexity index is 273. The highest BCUT2D eigenvalue weighted by molar-refractivity contribution is 8.50. The zero-order chi connectivity index (χ0) is 11.6. The minimum absolute atomic E-state index is 0.242. The summed E-state index contributed by atoms with van der Waals surface area (Å²) in [6.45, 7) is 1.66. The molecule has 0 radical (unpaired) electrons. The maximum atomic E-state index is 10.9. The van der Waals surface area contributed by atoms with Crippen LogP contribution in [0.5, 0.6) is 0 Å². The molecule has 2 rings (SSSR count). The normalized spacial score (nSPS) is 38.4. The molecule has 0 N–H and O–H groups in total. The summed E-state index contributed by atoms with van der Waals surface area (Å²) in [4.78, 5) is 10.9. The fourth-order valence-corrected chi connectivity index (χ4v) is 11.3. The number of thiol groups is 1. The Labute approximate surface area is 124 Å². The van der Waals surface area contributed by atoms with E-state index in [0.717, 1.165) is 11.5 Å². The quantitative estimate of drug-likeness (QED) is 0.792. The molecule has 1 nitrogen and oxygen atoms in total. The van der Waals surface area contributed by atoms with Gasteiger partial charge in [-0.15, -0.1) is 47.0 Å². The van der Waals surface area contributed by atoms with Gasteiger partial charge in [-0.1, -0.05) is 11.8 Å². The molecule has 92 valence electrons. The largest absolute Gasteiger partial charge is 0.288 e.